The number of nitrogens with zero attached hydrogens (tertiary/aromatic N) is 3. The average molecular weight is 322 g/mol. The van der Waals surface area contributed by atoms with Gasteiger partial charge in [0.15, 0.2) is 5.96 Å². The van der Waals surface area contributed by atoms with Crippen molar-refractivity contribution in [2.75, 3.05) is 46.8 Å². The molecule has 1 heterocycles. The molecule has 2 rings (SSSR count). The zero-order valence-corrected chi connectivity index (χ0v) is 15.1. The van der Waals surface area contributed by atoms with E-state index in [1.165, 1.54) is 38.5 Å². The lowest BCUT2D eigenvalue weighted by molar-refractivity contribution is 0.224. The predicted octanol–water partition coefficient (Wildman–Crippen LogP) is 1.68. The molecule has 1 saturated heterocycles. The van der Waals surface area contributed by atoms with Crippen LogP contribution in [-0.2, 0) is 0 Å². The van der Waals surface area contributed by atoms with E-state index in [0.717, 1.165) is 44.7 Å². The highest BCUT2D eigenvalue weighted by Gasteiger charge is 2.20. The molecule has 1 aliphatic carbocycles. The number of likely N-dealkylation sites (tertiary alicyclic amines) is 1. The van der Waals surface area contributed by atoms with E-state index in [2.05, 4.69) is 39.1 Å². The molecule has 5 heteroatoms. The third-order valence-corrected chi connectivity index (χ3v) is 5.24. The zero-order chi connectivity index (χ0) is 16.5. The van der Waals surface area contributed by atoms with Gasteiger partial charge in [-0.25, -0.2) is 0 Å². The first kappa shape index (κ1) is 18.3. The van der Waals surface area contributed by atoms with E-state index in [1.807, 2.05) is 13.1 Å². The summed E-state index contributed by atoms with van der Waals surface area (Å²) in [5.41, 5.74) is 0. The Kier molecular flexibility index (Phi) is 7.89. The molecule has 1 saturated carbocycles. The Balaban J connectivity index is 1.62. The van der Waals surface area contributed by atoms with Crippen LogP contribution >= 0.6 is 0 Å². The number of guanidine groups is 1. The Labute approximate surface area is 142 Å². The lowest BCUT2D eigenvalue weighted by Gasteiger charge is -2.32. The van der Waals surface area contributed by atoms with Gasteiger partial charge >= 0.3 is 0 Å². The SMILES string of the molecule is C=CCN1CCC(NC(=NC)NCCN(C)C2CCCC2)CC1. The van der Waals surface area contributed by atoms with Crippen molar-refractivity contribution in [2.24, 2.45) is 4.99 Å². The van der Waals surface area contributed by atoms with E-state index in [1.54, 1.807) is 0 Å². The van der Waals surface area contributed by atoms with Crippen molar-refractivity contribution in [1.29, 1.82) is 0 Å². The third kappa shape index (κ3) is 6.15. The fourth-order valence-electron chi connectivity index (χ4n) is 3.71. The highest BCUT2D eigenvalue weighted by atomic mass is 15.2. The topological polar surface area (TPSA) is 42.9 Å². The van der Waals surface area contributed by atoms with Crippen molar-refractivity contribution in [3.05, 3.63) is 12.7 Å². The maximum Gasteiger partial charge on any atom is 0.191 e. The fraction of sp³-hybridized carbons (Fsp3) is 0.833. The first-order valence-electron chi connectivity index (χ1n) is 9.23. The van der Waals surface area contributed by atoms with Crippen LogP contribution in [0.1, 0.15) is 38.5 Å². The Morgan fingerprint density at radius 3 is 2.57 bits per heavy atom. The highest BCUT2D eigenvalue weighted by Crippen LogP contribution is 2.21. The summed E-state index contributed by atoms with van der Waals surface area (Å²) in [5, 5.41) is 7.05. The lowest BCUT2D eigenvalue weighted by atomic mass is 10.1. The summed E-state index contributed by atoms with van der Waals surface area (Å²) in [7, 11) is 4.12. The van der Waals surface area contributed by atoms with Gasteiger partial charge in [0.05, 0.1) is 0 Å². The minimum Gasteiger partial charge on any atom is -0.355 e. The normalized spacial score (nSPS) is 21.8. The molecule has 2 fully saturated rings. The molecule has 0 radical (unpaired) electrons. The van der Waals surface area contributed by atoms with Crippen LogP contribution < -0.4 is 10.6 Å². The summed E-state index contributed by atoms with van der Waals surface area (Å²) < 4.78 is 0. The number of piperidine rings is 1. The number of aliphatic imine (C=N–C) groups is 1. The van der Waals surface area contributed by atoms with E-state index in [-0.39, 0.29) is 0 Å². The summed E-state index contributed by atoms with van der Waals surface area (Å²) >= 11 is 0. The summed E-state index contributed by atoms with van der Waals surface area (Å²) in [6, 6.07) is 1.33. The first-order chi connectivity index (χ1) is 11.2. The zero-order valence-electron chi connectivity index (χ0n) is 15.1. The molecular formula is C18H35N5. The van der Waals surface area contributed by atoms with Crippen LogP contribution in [0.2, 0.25) is 0 Å². The number of hydrogen-bond donors (Lipinski definition) is 2. The number of rotatable bonds is 7. The predicted molar refractivity (Wildman–Crippen MR) is 99.0 cm³/mol. The fourth-order valence-corrected chi connectivity index (χ4v) is 3.71. The van der Waals surface area contributed by atoms with Gasteiger partial charge in [-0.1, -0.05) is 18.9 Å². The Hall–Kier alpha value is -1.07. The molecule has 0 aromatic carbocycles. The van der Waals surface area contributed by atoms with E-state index >= 15 is 0 Å². The third-order valence-electron chi connectivity index (χ3n) is 5.24. The van der Waals surface area contributed by atoms with Crippen LogP contribution in [0.25, 0.3) is 0 Å². The standard InChI is InChI=1S/C18H35N5/c1-4-12-23-13-9-16(10-14-23)21-18(19-2)20-11-15-22(3)17-7-5-6-8-17/h4,16-17H,1,5-15H2,2-3H3,(H2,19,20,21). The maximum atomic E-state index is 4.38. The van der Waals surface area contributed by atoms with Gasteiger partial charge in [0.25, 0.3) is 0 Å². The van der Waals surface area contributed by atoms with Crippen molar-refractivity contribution in [3.8, 4) is 0 Å². The smallest absolute Gasteiger partial charge is 0.191 e. The molecule has 0 bridgehead atoms. The molecule has 23 heavy (non-hydrogen) atoms. The van der Waals surface area contributed by atoms with Crippen LogP contribution in [0, 0.1) is 0 Å². The molecule has 2 N–H and O–H groups in total. The van der Waals surface area contributed by atoms with Crippen molar-refractivity contribution < 1.29 is 0 Å². The monoisotopic (exact) mass is 321 g/mol. The largest absolute Gasteiger partial charge is 0.355 e. The Bertz CT molecular complexity index is 368. The molecule has 5 nitrogen and oxygen atoms in total. The molecule has 132 valence electrons. The van der Waals surface area contributed by atoms with Crippen LogP contribution in [-0.4, -0.2) is 74.7 Å². The Morgan fingerprint density at radius 2 is 1.96 bits per heavy atom. The van der Waals surface area contributed by atoms with E-state index in [9.17, 15) is 0 Å². The van der Waals surface area contributed by atoms with Gasteiger partial charge in [-0.2, -0.15) is 0 Å². The maximum absolute atomic E-state index is 4.38. The van der Waals surface area contributed by atoms with Crippen LogP contribution in [0.3, 0.4) is 0 Å². The molecule has 1 aliphatic heterocycles. The molecule has 0 atom stereocenters. The molecule has 2 aliphatic rings. The molecule has 0 spiro atoms. The second-order valence-corrected chi connectivity index (χ2v) is 6.93. The number of nitrogens with one attached hydrogen (secondary N) is 2. The molecule has 0 unspecified atom stereocenters. The number of hydrogen-bond acceptors (Lipinski definition) is 3. The highest BCUT2D eigenvalue weighted by molar-refractivity contribution is 5.79. The van der Waals surface area contributed by atoms with Crippen molar-refractivity contribution in [1.82, 2.24) is 20.4 Å². The summed E-state index contributed by atoms with van der Waals surface area (Å²) in [4.78, 5) is 9.34. The quantitative estimate of drug-likeness (QED) is 0.425. The van der Waals surface area contributed by atoms with Crippen molar-refractivity contribution >= 4 is 5.96 Å². The minimum absolute atomic E-state index is 0.537. The molecule has 0 aromatic rings. The molecular weight excluding hydrogens is 286 g/mol. The van der Waals surface area contributed by atoms with Crippen LogP contribution in [0.4, 0.5) is 0 Å². The van der Waals surface area contributed by atoms with Crippen LogP contribution in [0.5, 0.6) is 0 Å². The van der Waals surface area contributed by atoms with Crippen molar-refractivity contribution in [3.63, 3.8) is 0 Å². The first-order valence-corrected chi connectivity index (χ1v) is 9.23. The van der Waals surface area contributed by atoms with Gasteiger partial charge in [-0.15, -0.1) is 6.58 Å². The van der Waals surface area contributed by atoms with Gasteiger partial charge in [0.2, 0.25) is 0 Å². The van der Waals surface area contributed by atoms with E-state index < -0.39 is 0 Å². The van der Waals surface area contributed by atoms with E-state index in [4.69, 9.17) is 0 Å². The second kappa shape index (κ2) is 9.93. The molecule has 0 amide bonds. The van der Waals surface area contributed by atoms with Crippen molar-refractivity contribution in [2.45, 2.75) is 50.6 Å². The summed E-state index contributed by atoms with van der Waals surface area (Å²) in [6.07, 6.45) is 9.88. The van der Waals surface area contributed by atoms with E-state index in [0.29, 0.717) is 6.04 Å². The summed E-state index contributed by atoms with van der Waals surface area (Å²) in [6.45, 7) is 9.16. The van der Waals surface area contributed by atoms with Gasteiger partial charge in [0.1, 0.15) is 0 Å². The average Bonchev–Trinajstić information content (AvgIpc) is 3.10. The van der Waals surface area contributed by atoms with Crippen LogP contribution in [0.15, 0.2) is 17.6 Å². The number of likely N-dealkylation sites (N-methyl/N-ethyl adjacent to an activating group) is 1. The summed E-state index contributed by atoms with van der Waals surface area (Å²) in [5.74, 6) is 0.951. The van der Waals surface area contributed by atoms with Gasteiger partial charge in [-0.3, -0.25) is 9.89 Å². The second-order valence-electron chi connectivity index (χ2n) is 6.93. The minimum atomic E-state index is 0.537. The Morgan fingerprint density at radius 1 is 1.26 bits per heavy atom. The van der Waals surface area contributed by atoms with Gasteiger partial charge in [0, 0.05) is 51.9 Å². The van der Waals surface area contributed by atoms with Gasteiger partial charge < -0.3 is 15.5 Å². The molecule has 0 aromatic heterocycles. The lowest BCUT2D eigenvalue weighted by Crippen LogP contribution is -2.49. The van der Waals surface area contributed by atoms with Gasteiger partial charge in [-0.05, 0) is 32.7 Å².